The van der Waals surface area contributed by atoms with Gasteiger partial charge in [0.15, 0.2) is 5.84 Å². The molecule has 0 saturated heterocycles. The maximum atomic E-state index is 10.9. The summed E-state index contributed by atoms with van der Waals surface area (Å²) >= 11 is 0. The van der Waals surface area contributed by atoms with E-state index in [0.717, 1.165) is 0 Å². The highest BCUT2D eigenvalue weighted by molar-refractivity contribution is 5.95. The Morgan fingerprint density at radius 3 is 2.90 bits per heavy atom. The summed E-state index contributed by atoms with van der Waals surface area (Å²) in [6.07, 6.45) is 1.43. The van der Waals surface area contributed by atoms with Gasteiger partial charge < -0.3 is 15.7 Å². The van der Waals surface area contributed by atoms with E-state index >= 15 is 0 Å². The van der Waals surface area contributed by atoms with Crippen molar-refractivity contribution in [1.82, 2.24) is 4.98 Å². The van der Waals surface area contributed by atoms with Crippen LogP contribution in [0.25, 0.3) is 0 Å². The zero-order valence-electron chi connectivity index (χ0n) is 11.1. The third-order valence-electron chi connectivity index (χ3n) is 2.78. The lowest BCUT2D eigenvalue weighted by atomic mass is 10.2. The summed E-state index contributed by atoms with van der Waals surface area (Å²) in [5, 5.41) is 22.4. The molecule has 0 spiro atoms. The number of nitrogens with two attached hydrogens (primary N) is 1. The molecule has 0 amide bonds. The van der Waals surface area contributed by atoms with Gasteiger partial charge in [0.1, 0.15) is 17.2 Å². The van der Waals surface area contributed by atoms with Crippen LogP contribution in [0.3, 0.4) is 0 Å². The number of ether oxygens (including phenoxy) is 1. The largest absolute Gasteiger partial charge is 0.457 e. The molecule has 0 aliphatic heterocycles. The first-order valence-corrected chi connectivity index (χ1v) is 5.88. The smallest absolute Gasteiger partial charge is 0.276 e. The Kier molecular flexibility index (Phi) is 3.98. The molecule has 1 aromatic carbocycles. The first-order valence-electron chi connectivity index (χ1n) is 5.88. The van der Waals surface area contributed by atoms with Crippen molar-refractivity contribution < 1.29 is 14.9 Å². The maximum Gasteiger partial charge on any atom is 0.276 e. The van der Waals surface area contributed by atoms with Gasteiger partial charge in [-0.3, -0.25) is 15.1 Å². The van der Waals surface area contributed by atoms with E-state index in [2.05, 4.69) is 10.1 Å². The Bertz CT molecular complexity index is 715. The molecule has 0 aliphatic rings. The summed E-state index contributed by atoms with van der Waals surface area (Å²) in [5.41, 5.74) is 6.05. The third-order valence-corrected chi connectivity index (χ3v) is 2.78. The van der Waals surface area contributed by atoms with E-state index in [1.54, 1.807) is 19.1 Å². The summed E-state index contributed by atoms with van der Waals surface area (Å²) in [4.78, 5) is 14.3. The van der Waals surface area contributed by atoms with E-state index in [1.165, 1.54) is 24.4 Å². The molecule has 0 aliphatic carbocycles. The number of pyridine rings is 1. The van der Waals surface area contributed by atoms with Crippen LogP contribution in [0.15, 0.2) is 41.7 Å². The monoisotopic (exact) mass is 288 g/mol. The van der Waals surface area contributed by atoms with Crippen LogP contribution in [-0.4, -0.2) is 21.0 Å². The number of nitro groups is 1. The molecule has 0 atom stereocenters. The topological polar surface area (TPSA) is 124 Å². The zero-order chi connectivity index (χ0) is 15.4. The molecular formula is C13H12N4O4. The highest BCUT2D eigenvalue weighted by Crippen LogP contribution is 2.30. The van der Waals surface area contributed by atoms with E-state index < -0.39 is 4.92 Å². The molecule has 8 heteroatoms. The molecular weight excluding hydrogens is 276 g/mol. The maximum absolute atomic E-state index is 10.9. The standard InChI is InChI=1S/C13H12N4O4/c1-8-11(17(19)20)3-2-4-12(8)21-9-5-6-15-10(7-9)13(14)16-18/h2-7,18H,1H3,(H2,14,16). The molecule has 1 heterocycles. The normalized spacial score (nSPS) is 11.2. The Morgan fingerprint density at radius 1 is 1.48 bits per heavy atom. The van der Waals surface area contributed by atoms with Gasteiger partial charge in [-0.15, -0.1) is 0 Å². The Balaban J connectivity index is 2.35. The van der Waals surface area contributed by atoms with E-state index in [4.69, 9.17) is 15.7 Å². The molecule has 2 rings (SSSR count). The van der Waals surface area contributed by atoms with Crippen molar-refractivity contribution in [3.63, 3.8) is 0 Å². The van der Waals surface area contributed by atoms with Gasteiger partial charge in [-0.1, -0.05) is 11.2 Å². The van der Waals surface area contributed by atoms with Crippen LogP contribution in [0, 0.1) is 17.0 Å². The summed E-state index contributed by atoms with van der Waals surface area (Å²) in [7, 11) is 0. The molecule has 0 unspecified atom stereocenters. The average Bonchev–Trinajstić information content (AvgIpc) is 2.48. The van der Waals surface area contributed by atoms with Gasteiger partial charge in [0.25, 0.3) is 5.69 Å². The van der Waals surface area contributed by atoms with Gasteiger partial charge in [-0.05, 0) is 19.1 Å². The number of oxime groups is 1. The van der Waals surface area contributed by atoms with Crippen molar-refractivity contribution >= 4 is 11.5 Å². The fourth-order valence-corrected chi connectivity index (χ4v) is 1.70. The number of nitro benzene ring substituents is 1. The molecule has 108 valence electrons. The van der Waals surface area contributed by atoms with E-state index in [1.807, 2.05) is 0 Å². The van der Waals surface area contributed by atoms with Gasteiger partial charge >= 0.3 is 0 Å². The van der Waals surface area contributed by atoms with Gasteiger partial charge in [-0.2, -0.15) is 0 Å². The summed E-state index contributed by atoms with van der Waals surface area (Å²) in [6, 6.07) is 7.58. The molecule has 0 saturated carbocycles. The lowest BCUT2D eigenvalue weighted by Crippen LogP contribution is -2.14. The number of rotatable bonds is 4. The number of amidine groups is 1. The van der Waals surface area contributed by atoms with Gasteiger partial charge in [0, 0.05) is 18.3 Å². The van der Waals surface area contributed by atoms with E-state index in [0.29, 0.717) is 17.1 Å². The molecule has 0 fully saturated rings. The highest BCUT2D eigenvalue weighted by Gasteiger charge is 2.15. The minimum atomic E-state index is -0.476. The number of nitrogens with zero attached hydrogens (tertiary/aromatic N) is 3. The molecule has 2 aromatic rings. The minimum absolute atomic E-state index is 0.0294. The van der Waals surface area contributed by atoms with Gasteiger partial charge in [0.05, 0.1) is 10.5 Å². The average molecular weight is 288 g/mol. The van der Waals surface area contributed by atoms with Crippen molar-refractivity contribution in [2.45, 2.75) is 6.92 Å². The van der Waals surface area contributed by atoms with Crippen molar-refractivity contribution in [1.29, 1.82) is 0 Å². The SMILES string of the molecule is Cc1c(Oc2ccnc(C(N)=NO)c2)cccc1[N+](=O)[O-]. The van der Waals surface area contributed by atoms with Crippen LogP contribution in [0.5, 0.6) is 11.5 Å². The molecule has 0 radical (unpaired) electrons. The second-order valence-corrected chi connectivity index (χ2v) is 4.12. The fourth-order valence-electron chi connectivity index (χ4n) is 1.70. The number of hydrogen-bond acceptors (Lipinski definition) is 6. The van der Waals surface area contributed by atoms with Crippen LogP contribution in [0.4, 0.5) is 5.69 Å². The van der Waals surface area contributed by atoms with Crippen molar-refractivity contribution in [2.75, 3.05) is 0 Å². The van der Waals surface area contributed by atoms with Gasteiger partial charge in [-0.25, -0.2) is 0 Å². The number of hydrogen-bond donors (Lipinski definition) is 2. The van der Waals surface area contributed by atoms with Crippen molar-refractivity contribution in [3.8, 4) is 11.5 Å². The summed E-state index contributed by atoms with van der Waals surface area (Å²) < 4.78 is 5.60. The first-order chi connectivity index (χ1) is 10.0. The quantitative estimate of drug-likeness (QED) is 0.292. The van der Waals surface area contributed by atoms with Crippen molar-refractivity contribution in [2.24, 2.45) is 10.9 Å². The lowest BCUT2D eigenvalue weighted by molar-refractivity contribution is -0.385. The Hall–Kier alpha value is -3.16. The van der Waals surface area contributed by atoms with Crippen LogP contribution in [0.1, 0.15) is 11.3 Å². The Labute approximate surface area is 119 Å². The number of benzene rings is 1. The summed E-state index contributed by atoms with van der Waals surface area (Å²) in [5.74, 6) is 0.562. The van der Waals surface area contributed by atoms with E-state index in [-0.39, 0.29) is 17.2 Å². The first kappa shape index (κ1) is 14.3. The number of aromatic nitrogens is 1. The predicted molar refractivity (Wildman–Crippen MR) is 74.7 cm³/mol. The van der Waals surface area contributed by atoms with Crippen LogP contribution >= 0.6 is 0 Å². The highest BCUT2D eigenvalue weighted by atomic mass is 16.6. The third kappa shape index (κ3) is 3.06. The fraction of sp³-hybridized carbons (Fsp3) is 0.0769. The van der Waals surface area contributed by atoms with E-state index in [9.17, 15) is 10.1 Å². The molecule has 3 N–H and O–H groups in total. The second kappa shape index (κ2) is 5.87. The molecule has 8 nitrogen and oxygen atoms in total. The van der Waals surface area contributed by atoms with Crippen LogP contribution < -0.4 is 10.5 Å². The predicted octanol–water partition coefficient (Wildman–Crippen LogP) is 2.19. The zero-order valence-corrected chi connectivity index (χ0v) is 11.1. The van der Waals surface area contributed by atoms with Crippen LogP contribution in [-0.2, 0) is 0 Å². The lowest BCUT2D eigenvalue weighted by Gasteiger charge is -2.09. The van der Waals surface area contributed by atoms with Crippen LogP contribution in [0.2, 0.25) is 0 Å². The molecule has 1 aromatic heterocycles. The molecule has 21 heavy (non-hydrogen) atoms. The minimum Gasteiger partial charge on any atom is -0.457 e. The Morgan fingerprint density at radius 2 is 2.24 bits per heavy atom. The van der Waals surface area contributed by atoms with Crippen molar-refractivity contribution in [3.05, 3.63) is 57.9 Å². The molecule has 0 bridgehead atoms. The van der Waals surface area contributed by atoms with Gasteiger partial charge in [0.2, 0.25) is 0 Å². The summed E-state index contributed by atoms with van der Waals surface area (Å²) in [6.45, 7) is 1.60. The second-order valence-electron chi connectivity index (χ2n) is 4.12.